The number of carbonyl (C=O) groups is 2. The van der Waals surface area contributed by atoms with Crippen molar-refractivity contribution in [3.05, 3.63) is 77.0 Å². The third kappa shape index (κ3) is 2.91. The quantitative estimate of drug-likeness (QED) is 0.554. The molecular weight excluding hydrogens is 378 g/mol. The average Bonchev–Trinajstić information content (AvgIpc) is 3.27. The van der Waals surface area contributed by atoms with Gasteiger partial charge in [-0.15, -0.1) is 0 Å². The van der Waals surface area contributed by atoms with Crippen molar-refractivity contribution in [2.75, 3.05) is 5.32 Å². The first kappa shape index (κ1) is 18.1. The third-order valence-electron chi connectivity index (χ3n) is 5.33. The number of fused-ring (bicyclic) bond motifs is 2. The number of rotatable bonds is 3. The molecule has 0 saturated carbocycles. The van der Waals surface area contributed by atoms with Crippen LogP contribution in [-0.4, -0.2) is 26.6 Å². The number of carbonyl (C=O) groups excluding carboxylic acids is 2. The van der Waals surface area contributed by atoms with Crippen LogP contribution < -0.4 is 10.6 Å². The monoisotopic (exact) mass is 397 g/mol. The Balaban J connectivity index is 1.60. The summed E-state index contributed by atoms with van der Waals surface area (Å²) in [4.78, 5) is 30.0. The van der Waals surface area contributed by atoms with Crippen molar-refractivity contribution in [3.63, 3.8) is 0 Å². The summed E-state index contributed by atoms with van der Waals surface area (Å²) in [6.07, 6.45) is 0. The lowest BCUT2D eigenvalue weighted by Gasteiger charge is -2.10. The summed E-state index contributed by atoms with van der Waals surface area (Å²) in [5, 5.41) is 10.9. The van der Waals surface area contributed by atoms with Gasteiger partial charge in [-0.3, -0.25) is 14.3 Å². The number of nitrogens with zero attached hydrogens (tertiary/aromatic N) is 3. The molecule has 2 aromatic heterocycles. The smallest absolute Gasteiger partial charge is 0.256 e. The Hall–Kier alpha value is -4.00. The Morgan fingerprint density at radius 3 is 2.73 bits per heavy atom. The Morgan fingerprint density at radius 2 is 1.93 bits per heavy atom. The fourth-order valence-electron chi connectivity index (χ4n) is 3.87. The molecule has 0 spiro atoms. The second-order valence-corrected chi connectivity index (χ2v) is 7.34. The topological polar surface area (TPSA) is 88.9 Å². The minimum Gasteiger partial charge on any atom is -0.348 e. The molecule has 0 saturated heterocycles. The van der Waals surface area contributed by atoms with Gasteiger partial charge in [-0.2, -0.15) is 5.10 Å². The molecule has 2 amide bonds. The SMILES string of the molecule is Cc1nn(C)c2nc(-c3ccccc3)cc(C(=O)Nc3ccc4c(c3)C(=O)NC4)c12. The minimum atomic E-state index is -0.269. The zero-order valence-corrected chi connectivity index (χ0v) is 16.6. The number of amides is 2. The second-order valence-electron chi connectivity index (χ2n) is 7.34. The van der Waals surface area contributed by atoms with Crippen LogP contribution in [0.2, 0.25) is 0 Å². The van der Waals surface area contributed by atoms with Crippen LogP contribution in [0.25, 0.3) is 22.3 Å². The summed E-state index contributed by atoms with van der Waals surface area (Å²) in [5.41, 5.74) is 5.59. The zero-order chi connectivity index (χ0) is 20.8. The van der Waals surface area contributed by atoms with E-state index in [0.29, 0.717) is 40.1 Å². The number of nitrogens with one attached hydrogen (secondary N) is 2. The largest absolute Gasteiger partial charge is 0.348 e. The maximum atomic E-state index is 13.3. The minimum absolute atomic E-state index is 0.123. The van der Waals surface area contributed by atoms with Gasteiger partial charge in [0, 0.05) is 30.4 Å². The van der Waals surface area contributed by atoms with Crippen molar-refractivity contribution in [1.82, 2.24) is 20.1 Å². The highest BCUT2D eigenvalue weighted by molar-refractivity contribution is 6.13. The van der Waals surface area contributed by atoms with Gasteiger partial charge in [0.15, 0.2) is 5.65 Å². The van der Waals surface area contributed by atoms with E-state index in [1.807, 2.05) is 56.4 Å². The molecule has 7 nitrogen and oxygen atoms in total. The van der Waals surface area contributed by atoms with Crippen LogP contribution >= 0.6 is 0 Å². The summed E-state index contributed by atoms with van der Waals surface area (Å²) in [7, 11) is 1.82. The number of aryl methyl sites for hydroxylation is 2. The van der Waals surface area contributed by atoms with Crippen molar-refractivity contribution in [2.45, 2.75) is 13.5 Å². The highest BCUT2D eigenvalue weighted by Crippen LogP contribution is 2.28. The Kier molecular flexibility index (Phi) is 4.10. The summed E-state index contributed by atoms with van der Waals surface area (Å²) < 4.78 is 1.69. The van der Waals surface area contributed by atoms with E-state index < -0.39 is 0 Å². The summed E-state index contributed by atoms with van der Waals surface area (Å²) in [6, 6.07) is 16.9. The molecule has 0 radical (unpaired) electrons. The number of aromatic nitrogens is 3. The first-order chi connectivity index (χ1) is 14.5. The van der Waals surface area contributed by atoms with E-state index in [4.69, 9.17) is 4.98 Å². The van der Waals surface area contributed by atoms with Gasteiger partial charge >= 0.3 is 0 Å². The van der Waals surface area contributed by atoms with E-state index in [0.717, 1.165) is 16.8 Å². The molecule has 0 aliphatic carbocycles. The Morgan fingerprint density at radius 1 is 1.13 bits per heavy atom. The second kappa shape index (κ2) is 6.81. The maximum Gasteiger partial charge on any atom is 0.256 e. The molecule has 1 aliphatic heterocycles. The lowest BCUT2D eigenvalue weighted by atomic mass is 10.0. The number of anilines is 1. The van der Waals surface area contributed by atoms with Crippen LogP contribution in [0.4, 0.5) is 5.69 Å². The van der Waals surface area contributed by atoms with Gasteiger partial charge in [0.2, 0.25) is 0 Å². The normalized spacial score (nSPS) is 12.7. The number of benzene rings is 2. The molecule has 0 atom stereocenters. The first-order valence-corrected chi connectivity index (χ1v) is 9.63. The van der Waals surface area contributed by atoms with E-state index >= 15 is 0 Å². The number of pyridine rings is 1. The van der Waals surface area contributed by atoms with Gasteiger partial charge < -0.3 is 10.6 Å². The van der Waals surface area contributed by atoms with Crippen LogP contribution in [0.1, 0.15) is 32.0 Å². The molecular formula is C23H19N5O2. The summed E-state index contributed by atoms with van der Waals surface area (Å²) >= 11 is 0. The lowest BCUT2D eigenvalue weighted by molar-refractivity contribution is 0.0964. The molecule has 7 heteroatoms. The van der Waals surface area contributed by atoms with Crippen molar-refractivity contribution in [3.8, 4) is 11.3 Å². The van der Waals surface area contributed by atoms with E-state index in [-0.39, 0.29) is 11.8 Å². The molecule has 4 aromatic rings. The average molecular weight is 397 g/mol. The Bertz CT molecular complexity index is 1320. The standard InChI is InChI=1S/C23H19N5O2/c1-13-20-18(23(30)25-16-9-8-15-12-24-22(29)17(15)10-16)11-19(14-6-4-3-5-7-14)26-21(20)28(2)27-13/h3-11H,12H2,1-2H3,(H,24,29)(H,25,30). The molecule has 3 heterocycles. The van der Waals surface area contributed by atoms with Crippen LogP contribution in [0.15, 0.2) is 54.6 Å². The van der Waals surface area contributed by atoms with Gasteiger partial charge in [0.05, 0.1) is 22.3 Å². The molecule has 1 aliphatic rings. The number of hydrogen-bond acceptors (Lipinski definition) is 4. The van der Waals surface area contributed by atoms with E-state index in [1.165, 1.54) is 0 Å². The van der Waals surface area contributed by atoms with E-state index in [2.05, 4.69) is 15.7 Å². The molecule has 5 rings (SSSR count). The fraction of sp³-hybridized carbons (Fsp3) is 0.130. The molecule has 2 N–H and O–H groups in total. The van der Waals surface area contributed by atoms with Crippen molar-refractivity contribution < 1.29 is 9.59 Å². The van der Waals surface area contributed by atoms with Crippen LogP contribution in [-0.2, 0) is 13.6 Å². The molecule has 2 aromatic carbocycles. The van der Waals surface area contributed by atoms with Crippen molar-refractivity contribution in [1.29, 1.82) is 0 Å². The van der Waals surface area contributed by atoms with Gasteiger partial charge in [-0.05, 0) is 30.7 Å². The highest BCUT2D eigenvalue weighted by atomic mass is 16.2. The fourth-order valence-corrected chi connectivity index (χ4v) is 3.87. The Labute approximate surface area is 172 Å². The van der Waals surface area contributed by atoms with Gasteiger partial charge in [0.25, 0.3) is 11.8 Å². The zero-order valence-electron chi connectivity index (χ0n) is 16.6. The lowest BCUT2D eigenvalue weighted by Crippen LogP contribution is -2.14. The van der Waals surface area contributed by atoms with Crippen molar-refractivity contribution >= 4 is 28.5 Å². The van der Waals surface area contributed by atoms with Gasteiger partial charge in [-0.1, -0.05) is 36.4 Å². The van der Waals surface area contributed by atoms with Crippen LogP contribution in [0, 0.1) is 6.92 Å². The molecule has 0 bridgehead atoms. The van der Waals surface area contributed by atoms with E-state index in [1.54, 1.807) is 16.8 Å². The van der Waals surface area contributed by atoms with E-state index in [9.17, 15) is 9.59 Å². The molecule has 148 valence electrons. The number of hydrogen-bond donors (Lipinski definition) is 2. The van der Waals surface area contributed by atoms with Crippen molar-refractivity contribution in [2.24, 2.45) is 7.05 Å². The van der Waals surface area contributed by atoms with Crippen LogP contribution in [0.3, 0.4) is 0 Å². The third-order valence-corrected chi connectivity index (χ3v) is 5.33. The predicted molar refractivity (Wildman–Crippen MR) is 114 cm³/mol. The van der Waals surface area contributed by atoms with Gasteiger partial charge in [0.1, 0.15) is 0 Å². The van der Waals surface area contributed by atoms with Crippen LogP contribution in [0.5, 0.6) is 0 Å². The molecule has 0 unspecified atom stereocenters. The predicted octanol–water partition coefficient (Wildman–Crippen LogP) is 3.44. The summed E-state index contributed by atoms with van der Waals surface area (Å²) in [5.74, 6) is -0.393. The van der Waals surface area contributed by atoms with Gasteiger partial charge in [-0.25, -0.2) is 4.98 Å². The maximum absolute atomic E-state index is 13.3. The molecule has 30 heavy (non-hydrogen) atoms. The molecule has 0 fully saturated rings. The summed E-state index contributed by atoms with van der Waals surface area (Å²) in [6.45, 7) is 2.38. The highest BCUT2D eigenvalue weighted by Gasteiger charge is 2.22. The first-order valence-electron chi connectivity index (χ1n) is 9.63.